The molecule has 0 aliphatic heterocycles. The van der Waals surface area contributed by atoms with Crippen LogP contribution in [0, 0.1) is 17.0 Å². The summed E-state index contributed by atoms with van der Waals surface area (Å²) < 4.78 is 0.931. The Morgan fingerprint density at radius 2 is 1.89 bits per heavy atom. The Balaban J connectivity index is 2.08. The van der Waals surface area contributed by atoms with Crippen LogP contribution in [-0.2, 0) is 4.79 Å². The van der Waals surface area contributed by atoms with Gasteiger partial charge in [0.15, 0.2) is 0 Å². The quantitative estimate of drug-likeness (QED) is 0.439. The van der Waals surface area contributed by atoms with Crippen LogP contribution >= 0.6 is 15.9 Å². The highest BCUT2D eigenvalue weighted by molar-refractivity contribution is 9.10. The smallest absolute Gasteiger partial charge is 0.293 e. The van der Waals surface area contributed by atoms with E-state index in [1.165, 1.54) is 18.2 Å². The lowest BCUT2D eigenvalue weighted by Gasteiger charge is -2.11. The Hall–Kier alpha value is -2.94. The molecule has 0 spiro atoms. The van der Waals surface area contributed by atoms with E-state index >= 15 is 0 Å². The zero-order valence-electron chi connectivity index (χ0n) is 15.7. The molecule has 148 valence electrons. The second-order valence-electron chi connectivity index (χ2n) is 6.48. The number of halogens is 1. The van der Waals surface area contributed by atoms with Crippen molar-refractivity contribution in [3.05, 3.63) is 62.1 Å². The lowest BCUT2D eigenvalue weighted by atomic mass is 10.1. The average molecular weight is 449 g/mol. The molecule has 2 aromatic carbocycles. The summed E-state index contributed by atoms with van der Waals surface area (Å²) in [6.07, 6.45) is 0. The molecule has 0 radical (unpaired) electrons. The summed E-state index contributed by atoms with van der Waals surface area (Å²) in [5, 5.41) is 19.5. The third-order valence-corrected chi connectivity index (χ3v) is 4.65. The van der Waals surface area contributed by atoms with Crippen molar-refractivity contribution in [1.82, 2.24) is 5.32 Å². The van der Waals surface area contributed by atoms with Crippen LogP contribution < -0.4 is 16.0 Å². The van der Waals surface area contributed by atoms with E-state index in [4.69, 9.17) is 0 Å². The molecule has 0 unspecified atom stereocenters. The van der Waals surface area contributed by atoms with Crippen molar-refractivity contribution >= 4 is 44.8 Å². The summed E-state index contributed by atoms with van der Waals surface area (Å²) in [5.74, 6) is -0.745. The number of benzene rings is 2. The molecule has 0 fully saturated rings. The number of nitrogens with one attached hydrogen (secondary N) is 3. The fourth-order valence-electron chi connectivity index (χ4n) is 2.42. The first-order valence-electron chi connectivity index (χ1n) is 8.56. The van der Waals surface area contributed by atoms with E-state index in [1.807, 2.05) is 19.1 Å². The Kier molecular flexibility index (Phi) is 7.11. The predicted octanol–water partition coefficient (Wildman–Crippen LogP) is 3.85. The van der Waals surface area contributed by atoms with Gasteiger partial charge in [0.25, 0.3) is 11.6 Å². The molecule has 2 amide bonds. The number of carbonyl (C=O) groups is 2. The maximum absolute atomic E-state index is 12.1. The highest BCUT2D eigenvalue weighted by atomic mass is 79.9. The van der Waals surface area contributed by atoms with Crippen LogP contribution in [0.2, 0.25) is 0 Å². The van der Waals surface area contributed by atoms with Gasteiger partial charge in [0, 0.05) is 27.8 Å². The van der Waals surface area contributed by atoms with Crippen LogP contribution in [0.3, 0.4) is 0 Å². The number of hydrogen-bond acceptors (Lipinski definition) is 5. The van der Waals surface area contributed by atoms with Crippen molar-refractivity contribution in [2.24, 2.45) is 0 Å². The Morgan fingerprint density at radius 1 is 1.18 bits per heavy atom. The first-order chi connectivity index (χ1) is 13.2. The summed E-state index contributed by atoms with van der Waals surface area (Å²) in [7, 11) is 0. The van der Waals surface area contributed by atoms with E-state index in [0.717, 1.165) is 10.0 Å². The van der Waals surface area contributed by atoms with E-state index < -0.39 is 10.8 Å². The lowest BCUT2D eigenvalue weighted by molar-refractivity contribution is -0.384. The normalized spacial score (nSPS) is 10.5. The lowest BCUT2D eigenvalue weighted by Crippen LogP contribution is -2.30. The van der Waals surface area contributed by atoms with Crippen LogP contribution in [-0.4, -0.2) is 29.3 Å². The summed E-state index contributed by atoms with van der Waals surface area (Å²) in [5.41, 5.74) is 1.66. The predicted molar refractivity (Wildman–Crippen MR) is 112 cm³/mol. The number of nitro groups is 1. The number of rotatable bonds is 7. The van der Waals surface area contributed by atoms with Gasteiger partial charge in [-0.2, -0.15) is 0 Å². The van der Waals surface area contributed by atoms with Crippen LogP contribution in [0.25, 0.3) is 0 Å². The van der Waals surface area contributed by atoms with Gasteiger partial charge in [-0.15, -0.1) is 0 Å². The molecule has 2 aromatic rings. The maximum Gasteiger partial charge on any atom is 0.293 e. The summed E-state index contributed by atoms with van der Waals surface area (Å²) in [4.78, 5) is 34.9. The number of hydrogen-bond donors (Lipinski definition) is 3. The third-order valence-electron chi connectivity index (χ3n) is 3.76. The highest BCUT2D eigenvalue weighted by Crippen LogP contribution is 2.26. The zero-order chi connectivity index (χ0) is 20.8. The number of nitrogens with zero attached hydrogens (tertiary/aromatic N) is 1. The van der Waals surface area contributed by atoms with Crippen molar-refractivity contribution < 1.29 is 14.5 Å². The van der Waals surface area contributed by atoms with Gasteiger partial charge in [0.05, 0.1) is 11.5 Å². The highest BCUT2D eigenvalue weighted by Gasteiger charge is 2.18. The van der Waals surface area contributed by atoms with Gasteiger partial charge < -0.3 is 16.0 Å². The fourth-order valence-corrected chi connectivity index (χ4v) is 2.67. The van der Waals surface area contributed by atoms with Gasteiger partial charge in [0.1, 0.15) is 5.69 Å². The SMILES string of the molecule is Cc1cc(NC(=O)CNc2ccc(C(=O)NC(C)C)cc2[N+](=O)[O-])ccc1Br. The van der Waals surface area contributed by atoms with Crippen molar-refractivity contribution in [3.8, 4) is 0 Å². The molecule has 2 rings (SSSR count). The fraction of sp³-hybridized carbons (Fsp3) is 0.263. The van der Waals surface area contributed by atoms with E-state index in [0.29, 0.717) is 5.69 Å². The molecule has 0 saturated heterocycles. The second-order valence-corrected chi connectivity index (χ2v) is 7.34. The number of amides is 2. The summed E-state index contributed by atoms with van der Waals surface area (Å²) in [6, 6.07) is 9.38. The number of nitro benzene ring substituents is 1. The van der Waals surface area contributed by atoms with Gasteiger partial charge in [0.2, 0.25) is 5.91 Å². The van der Waals surface area contributed by atoms with Gasteiger partial charge >= 0.3 is 0 Å². The first kappa shape index (κ1) is 21.4. The topological polar surface area (TPSA) is 113 Å². The Morgan fingerprint density at radius 3 is 2.50 bits per heavy atom. The van der Waals surface area contributed by atoms with Gasteiger partial charge in [-0.05, 0) is 56.7 Å². The number of anilines is 2. The van der Waals surface area contributed by atoms with E-state index in [9.17, 15) is 19.7 Å². The van der Waals surface area contributed by atoms with Gasteiger partial charge in [-0.25, -0.2) is 0 Å². The zero-order valence-corrected chi connectivity index (χ0v) is 17.3. The standard InChI is InChI=1S/C19H21BrN4O4/c1-11(2)22-19(26)13-4-7-16(17(9-13)24(27)28)21-10-18(25)23-14-5-6-15(20)12(3)8-14/h4-9,11,21H,10H2,1-3H3,(H,22,26)(H,23,25). The second kappa shape index (κ2) is 9.32. The minimum Gasteiger partial charge on any atom is -0.371 e. The Bertz CT molecular complexity index is 915. The summed E-state index contributed by atoms with van der Waals surface area (Å²) in [6.45, 7) is 5.34. The van der Waals surface area contributed by atoms with Crippen LogP contribution in [0.4, 0.5) is 17.1 Å². The molecule has 3 N–H and O–H groups in total. The average Bonchev–Trinajstić information content (AvgIpc) is 2.62. The van der Waals surface area contributed by atoms with Crippen LogP contribution in [0.15, 0.2) is 40.9 Å². The van der Waals surface area contributed by atoms with Crippen molar-refractivity contribution in [1.29, 1.82) is 0 Å². The van der Waals surface area contributed by atoms with E-state index in [2.05, 4.69) is 31.9 Å². The summed E-state index contributed by atoms with van der Waals surface area (Å²) >= 11 is 3.39. The third kappa shape index (κ3) is 5.78. The van der Waals surface area contributed by atoms with Crippen LogP contribution in [0.5, 0.6) is 0 Å². The molecule has 9 heteroatoms. The molecule has 8 nitrogen and oxygen atoms in total. The molecular weight excluding hydrogens is 428 g/mol. The monoisotopic (exact) mass is 448 g/mol. The molecule has 0 atom stereocenters. The van der Waals surface area contributed by atoms with Crippen LogP contribution in [0.1, 0.15) is 29.8 Å². The Labute approximate surface area is 171 Å². The molecule has 0 aliphatic rings. The van der Waals surface area contributed by atoms with Gasteiger partial charge in [-0.1, -0.05) is 15.9 Å². The first-order valence-corrected chi connectivity index (χ1v) is 9.36. The molecule has 0 heterocycles. The minimum absolute atomic E-state index is 0.0877. The minimum atomic E-state index is -0.593. The molecule has 0 bridgehead atoms. The van der Waals surface area contributed by atoms with Gasteiger partial charge in [-0.3, -0.25) is 19.7 Å². The molecular formula is C19H21BrN4O4. The molecule has 0 saturated carbocycles. The largest absolute Gasteiger partial charge is 0.371 e. The number of carbonyl (C=O) groups excluding carboxylic acids is 2. The number of aryl methyl sites for hydroxylation is 1. The maximum atomic E-state index is 12.1. The van der Waals surface area contributed by atoms with E-state index in [-0.39, 0.29) is 35.4 Å². The van der Waals surface area contributed by atoms with Crippen molar-refractivity contribution in [2.75, 3.05) is 17.2 Å². The van der Waals surface area contributed by atoms with E-state index in [1.54, 1.807) is 19.9 Å². The molecule has 28 heavy (non-hydrogen) atoms. The molecule has 0 aliphatic carbocycles. The molecule has 0 aromatic heterocycles. The van der Waals surface area contributed by atoms with Crippen molar-refractivity contribution in [2.45, 2.75) is 26.8 Å². The van der Waals surface area contributed by atoms with Crippen molar-refractivity contribution in [3.63, 3.8) is 0 Å².